The minimum Gasteiger partial charge on any atom is -0.481 e. The van der Waals surface area contributed by atoms with E-state index in [0.29, 0.717) is 5.92 Å². The number of rotatable bonds is 4. The SMILES string of the molecule is O=C(O)CC(c1cccc2ncoc12)C1CC1. The molecule has 0 bridgehead atoms. The highest BCUT2D eigenvalue weighted by molar-refractivity contribution is 5.78. The van der Waals surface area contributed by atoms with Crippen molar-refractivity contribution < 1.29 is 14.3 Å². The van der Waals surface area contributed by atoms with E-state index in [-0.39, 0.29) is 12.3 Å². The quantitative estimate of drug-likeness (QED) is 0.878. The van der Waals surface area contributed by atoms with E-state index < -0.39 is 5.97 Å². The van der Waals surface area contributed by atoms with Crippen LogP contribution < -0.4 is 0 Å². The van der Waals surface area contributed by atoms with Gasteiger partial charge in [0.1, 0.15) is 5.52 Å². The number of carbonyl (C=O) groups is 1. The highest BCUT2D eigenvalue weighted by Crippen LogP contribution is 2.46. The molecule has 4 heteroatoms. The fourth-order valence-corrected chi connectivity index (χ4v) is 2.42. The summed E-state index contributed by atoms with van der Waals surface area (Å²) in [6.45, 7) is 0. The Hall–Kier alpha value is -1.84. The van der Waals surface area contributed by atoms with Crippen LogP contribution in [0.25, 0.3) is 11.1 Å². The summed E-state index contributed by atoms with van der Waals surface area (Å²) in [6, 6.07) is 5.75. The first-order valence-corrected chi connectivity index (χ1v) is 5.79. The third-order valence-corrected chi connectivity index (χ3v) is 3.37. The smallest absolute Gasteiger partial charge is 0.303 e. The summed E-state index contributed by atoms with van der Waals surface area (Å²) in [5.74, 6) is -0.204. The van der Waals surface area contributed by atoms with E-state index in [1.807, 2.05) is 18.2 Å². The maximum Gasteiger partial charge on any atom is 0.303 e. The van der Waals surface area contributed by atoms with Crippen molar-refractivity contribution in [2.24, 2.45) is 5.92 Å². The van der Waals surface area contributed by atoms with Gasteiger partial charge < -0.3 is 9.52 Å². The van der Waals surface area contributed by atoms with E-state index in [1.165, 1.54) is 6.39 Å². The molecule has 1 aliphatic carbocycles. The summed E-state index contributed by atoms with van der Waals surface area (Å²) < 4.78 is 5.39. The van der Waals surface area contributed by atoms with Crippen LogP contribution in [-0.4, -0.2) is 16.1 Å². The molecule has 2 aromatic rings. The minimum atomic E-state index is -0.751. The summed E-state index contributed by atoms with van der Waals surface area (Å²) in [4.78, 5) is 15.0. The van der Waals surface area contributed by atoms with Crippen LogP contribution >= 0.6 is 0 Å². The van der Waals surface area contributed by atoms with Gasteiger partial charge in [-0.05, 0) is 24.8 Å². The van der Waals surface area contributed by atoms with Crippen LogP contribution in [0.15, 0.2) is 29.0 Å². The molecule has 1 atom stereocenters. The number of nitrogens with zero attached hydrogens (tertiary/aromatic N) is 1. The Balaban J connectivity index is 2.04. The molecule has 0 saturated heterocycles. The number of aliphatic carboxylic acids is 1. The topological polar surface area (TPSA) is 63.3 Å². The Morgan fingerprint density at radius 3 is 3.06 bits per heavy atom. The predicted molar refractivity (Wildman–Crippen MR) is 61.7 cm³/mol. The number of hydrogen-bond acceptors (Lipinski definition) is 3. The van der Waals surface area contributed by atoms with Gasteiger partial charge in [0.25, 0.3) is 0 Å². The zero-order valence-electron chi connectivity index (χ0n) is 9.30. The van der Waals surface area contributed by atoms with Gasteiger partial charge in [-0.2, -0.15) is 0 Å². The second-order valence-corrected chi connectivity index (χ2v) is 4.59. The standard InChI is InChI=1S/C13H13NO3/c15-12(16)6-10(8-4-5-8)9-2-1-3-11-13(9)17-7-14-11/h1-3,7-8,10H,4-6H2,(H,15,16). The summed E-state index contributed by atoms with van der Waals surface area (Å²) >= 11 is 0. The molecule has 0 spiro atoms. The average Bonchev–Trinajstić information content (AvgIpc) is 3.02. The second kappa shape index (κ2) is 3.87. The molecule has 1 aromatic heterocycles. The third-order valence-electron chi connectivity index (χ3n) is 3.37. The number of benzene rings is 1. The van der Waals surface area contributed by atoms with Crippen molar-refractivity contribution >= 4 is 17.1 Å². The molecule has 1 fully saturated rings. The van der Waals surface area contributed by atoms with Gasteiger partial charge in [0.05, 0.1) is 6.42 Å². The molecule has 1 aliphatic rings. The molecule has 4 nitrogen and oxygen atoms in total. The van der Waals surface area contributed by atoms with Crippen LogP contribution in [0.2, 0.25) is 0 Å². The average molecular weight is 231 g/mol. The van der Waals surface area contributed by atoms with Gasteiger partial charge >= 0.3 is 5.97 Å². The molecular formula is C13H13NO3. The minimum absolute atomic E-state index is 0.0594. The van der Waals surface area contributed by atoms with E-state index >= 15 is 0 Å². The highest BCUT2D eigenvalue weighted by Gasteiger charge is 2.35. The third kappa shape index (κ3) is 1.90. The van der Waals surface area contributed by atoms with Crippen molar-refractivity contribution in [3.63, 3.8) is 0 Å². The van der Waals surface area contributed by atoms with Crippen molar-refractivity contribution in [1.29, 1.82) is 0 Å². The van der Waals surface area contributed by atoms with Crippen LogP contribution in [0.1, 0.15) is 30.7 Å². The zero-order chi connectivity index (χ0) is 11.8. The maximum atomic E-state index is 10.9. The van der Waals surface area contributed by atoms with Crippen LogP contribution in [-0.2, 0) is 4.79 Å². The van der Waals surface area contributed by atoms with Gasteiger partial charge in [0.15, 0.2) is 12.0 Å². The second-order valence-electron chi connectivity index (χ2n) is 4.59. The lowest BCUT2D eigenvalue weighted by Crippen LogP contribution is -2.08. The van der Waals surface area contributed by atoms with Gasteiger partial charge in [0, 0.05) is 11.5 Å². The maximum absolute atomic E-state index is 10.9. The van der Waals surface area contributed by atoms with E-state index in [1.54, 1.807) is 0 Å². The molecule has 0 amide bonds. The van der Waals surface area contributed by atoms with Crippen LogP contribution in [0, 0.1) is 5.92 Å². The number of para-hydroxylation sites is 1. The molecule has 1 aromatic carbocycles. The summed E-state index contributed by atoms with van der Waals surface area (Å²) in [5.41, 5.74) is 2.54. The summed E-state index contributed by atoms with van der Waals surface area (Å²) in [6.07, 6.45) is 3.81. The fraction of sp³-hybridized carbons (Fsp3) is 0.385. The Bertz CT molecular complexity index is 557. The molecule has 3 rings (SSSR count). The Morgan fingerprint density at radius 1 is 1.53 bits per heavy atom. The van der Waals surface area contributed by atoms with Crippen LogP contribution in [0.5, 0.6) is 0 Å². The largest absolute Gasteiger partial charge is 0.481 e. The summed E-state index contributed by atoms with van der Waals surface area (Å²) in [7, 11) is 0. The van der Waals surface area contributed by atoms with Gasteiger partial charge in [-0.1, -0.05) is 12.1 Å². The fourth-order valence-electron chi connectivity index (χ4n) is 2.42. The number of carboxylic acids is 1. The molecule has 1 heterocycles. The number of carboxylic acid groups (broad SMARTS) is 1. The van der Waals surface area contributed by atoms with Crippen molar-refractivity contribution in [3.05, 3.63) is 30.2 Å². The van der Waals surface area contributed by atoms with E-state index in [2.05, 4.69) is 4.98 Å². The lowest BCUT2D eigenvalue weighted by Gasteiger charge is -2.14. The number of fused-ring (bicyclic) bond motifs is 1. The molecular weight excluding hydrogens is 218 g/mol. The van der Waals surface area contributed by atoms with Gasteiger partial charge in [-0.3, -0.25) is 4.79 Å². The summed E-state index contributed by atoms with van der Waals surface area (Å²) in [5, 5.41) is 9.00. The van der Waals surface area contributed by atoms with E-state index in [9.17, 15) is 4.79 Å². The van der Waals surface area contributed by atoms with Gasteiger partial charge in [-0.25, -0.2) is 4.98 Å². The van der Waals surface area contributed by atoms with Gasteiger partial charge in [-0.15, -0.1) is 0 Å². The van der Waals surface area contributed by atoms with Gasteiger partial charge in [0.2, 0.25) is 0 Å². The molecule has 1 unspecified atom stereocenters. The molecule has 88 valence electrons. The van der Waals surface area contributed by atoms with Crippen LogP contribution in [0.3, 0.4) is 0 Å². The molecule has 1 N–H and O–H groups in total. The first-order chi connectivity index (χ1) is 8.25. The van der Waals surface area contributed by atoms with Crippen molar-refractivity contribution in [1.82, 2.24) is 4.98 Å². The van der Waals surface area contributed by atoms with Crippen molar-refractivity contribution in [2.75, 3.05) is 0 Å². The molecule has 1 saturated carbocycles. The van der Waals surface area contributed by atoms with Crippen molar-refractivity contribution in [3.8, 4) is 0 Å². The molecule has 0 radical (unpaired) electrons. The normalized spacial score (nSPS) is 17.2. The Labute approximate surface area is 98.3 Å². The Kier molecular flexibility index (Phi) is 2.35. The first kappa shape index (κ1) is 10.3. The van der Waals surface area contributed by atoms with Crippen molar-refractivity contribution in [2.45, 2.75) is 25.2 Å². The monoisotopic (exact) mass is 231 g/mol. The Morgan fingerprint density at radius 2 is 2.35 bits per heavy atom. The number of aromatic nitrogens is 1. The lowest BCUT2D eigenvalue weighted by molar-refractivity contribution is -0.137. The van der Waals surface area contributed by atoms with Crippen LogP contribution in [0.4, 0.5) is 0 Å². The van der Waals surface area contributed by atoms with E-state index in [0.717, 1.165) is 29.5 Å². The van der Waals surface area contributed by atoms with E-state index in [4.69, 9.17) is 9.52 Å². The highest BCUT2D eigenvalue weighted by atomic mass is 16.4. The molecule has 17 heavy (non-hydrogen) atoms. The first-order valence-electron chi connectivity index (χ1n) is 5.79. The number of oxazole rings is 1. The zero-order valence-corrected chi connectivity index (χ0v) is 9.30. The lowest BCUT2D eigenvalue weighted by atomic mass is 9.90. The molecule has 0 aliphatic heterocycles. The predicted octanol–water partition coefficient (Wildman–Crippen LogP) is 2.80. The number of hydrogen-bond donors (Lipinski definition) is 1.